The SMILES string of the molecule is [B]c1cnn2c(NCCNS(=O)(=O)c3cccc(C(F)(F)F)c3)cc(-c3ccccc3Cl)nc12. The summed E-state index contributed by atoms with van der Waals surface area (Å²) in [5.74, 6) is 0.467. The van der Waals surface area contributed by atoms with Crippen LogP contribution in [0.2, 0.25) is 5.02 Å². The topological polar surface area (TPSA) is 88.4 Å². The second-order valence-electron chi connectivity index (χ2n) is 7.19. The molecule has 0 bridgehead atoms. The summed E-state index contributed by atoms with van der Waals surface area (Å²) in [6.45, 7) is -0.0143. The van der Waals surface area contributed by atoms with Gasteiger partial charge in [-0.05, 0) is 29.7 Å². The Kier molecular flexibility index (Phi) is 6.56. The van der Waals surface area contributed by atoms with Crippen LogP contribution in [-0.4, -0.2) is 44.0 Å². The van der Waals surface area contributed by atoms with Crippen LogP contribution < -0.4 is 15.5 Å². The first-order chi connectivity index (χ1) is 16.1. The number of anilines is 1. The molecule has 2 heterocycles. The van der Waals surface area contributed by atoms with Gasteiger partial charge in [0.1, 0.15) is 13.7 Å². The summed E-state index contributed by atoms with van der Waals surface area (Å²) >= 11 is 6.29. The van der Waals surface area contributed by atoms with Crippen LogP contribution in [0.1, 0.15) is 5.56 Å². The van der Waals surface area contributed by atoms with Crippen LogP contribution >= 0.6 is 11.6 Å². The van der Waals surface area contributed by atoms with E-state index in [-0.39, 0.29) is 13.1 Å². The lowest BCUT2D eigenvalue weighted by molar-refractivity contribution is -0.137. The third kappa shape index (κ3) is 5.03. The van der Waals surface area contributed by atoms with Gasteiger partial charge in [0, 0.05) is 35.9 Å². The molecule has 2 N–H and O–H groups in total. The fourth-order valence-corrected chi connectivity index (χ4v) is 4.52. The van der Waals surface area contributed by atoms with Crippen LogP contribution in [0.4, 0.5) is 19.0 Å². The molecular weight excluding hydrogens is 490 g/mol. The predicted molar refractivity (Wildman–Crippen MR) is 124 cm³/mol. The monoisotopic (exact) mass is 505 g/mol. The van der Waals surface area contributed by atoms with Gasteiger partial charge < -0.3 is 5.32 Å². The number of nitrogens with one attached hydrogen (secondary N) is 2. The van der Waals surface area contributed by atoms with Gasteiger partial charge in [0.05, 0.1) is 16.2 Å². The van der Waals surface area contributed by atoms with Gasteiger partial charge in [0.2, 0.25) is 10.0 Å². The third-order valence-electron chi connectivity index (χ3n) is 4.84. The standard InChI is InChI=1S/C21H16BClF3N5O2S/c22-16-12-28-31-19(11-18(30-20(16)31)15-6-1-2-7-17(15)23)27-8-9-29-34(32,33)14-5-3-4-13(10-14)21(24,25)26/h1-7,10-12,27,29H,8-9H2. The minimum atomic E-state index is -4.65. The zero-order chi connectivity index (χ0) is 24.5. The highest BCUT2D eigenvalue weighted by Crippen LogP contribution is 2.30. The van der Waals surface area contributed by atoms with Gasteiger partial charge in [-0.2, -0.15) is 22.8 Å². The van der Waals surface area contributed by atoms with Gasteiger partial charge >= 0.3 is 6.18 Å². The highest BCUT2D eigenvalue weighted by atomic mass is 35.5. The Morgan fingerprint density at radius 3 is 2.56 bits per heavy atom. The average Bonchev–Trinajstić information content (AvgIpc) is 3.17. The van der Waals surface area contributed by atoms with Crippen molar-refractivity contribution in [2.45, 2.75) is 11.1 Å². The summed E-state index contributed by atoms with van der Waals surface area (Å²) in [6.07, 6.45) is -3.22. The molecule has 0 saturated heterocycles. The molecule has 174 valence electrons. The van der Waals surface area contributed by atoms with Crippen molar-refractivity contribution in [1.82, 2.24) is 19.3 Å². The van der Waals surface area contributed by atoms with Crippen LogP contribution in [0, 0.1) is 0 Å². The van der Waals surface area contributed by atoms with Gasteiger partial charge in [0.25, 0.3) is 0 Å². The van der Waals surface area contributed by atoms with Gasteiger partial charge in [-0.3, -0.25) is 0 Å². The van der Waals surface area contributed by atoms with E-state index >= 15 is 0 Å². The molecule has 0 aliphatic carbocycles. The highest BCUT2D eigenvalue weighted by Gasteiger charge is 2.31. The van der Waals surface area contributed by atoms with Crippen molar-refractivity contribution in [2.75, 3.05) is 18.4 Å². The van der Waals surface area contributed by atoms with Crippen LogP contribution in [-0.2, 0) is 16.2 Å². The summed E-state index contributed by atoms with van der Waals surface area (Å²) in [7, 11) is 1.82. The maximum atomic E-state index is 12.9. The molecule has 34 heavy (non-hydrogen) atoms. The number of rotatable bonds is 7. The van der Waals surface area contributed by atoms with E-state index in [9.17, 15) is 21.6 Å². The molecule has 0 fully saturated rings. The fourth-order valence-electron chi connectivity index (χ4n) is 3.21. The molecule has 0 amide bonds. The highest BCUT2D eigenvalue weighted by molar-refractivity contribution is 7.89. The Balaban J connectivity index is 1.52. The van der Waals surface area contributed by atoms with Crippen LogP contribution in [0.5, 0.6) is 0 Å². The minimum Gasteiger partial charge on any atom is -0.369 e. The molecule has 2 aromatic carbocycles. The van der Waals surface area contributed by atoms with Crippen molar-refractivity contribution in [2.24, 2.45) is 0 Å². The molecule has 7 nitrogen and oxygen atoms in total. The van der Waals surface area contributed by atoms with Crippen LogP contribution in [0.25, 0.3) is 16.9 Å². The Morgan fingerprint density at radius 2 is 1.82 bits per heavy atom. The molecule has 0 aliphatic rings. The van der Waals surface area contributed by atoms with E-state index in [0.29, 0.717) is 39.3 Å². The van der Waals surface area contributed by atoms with Gasteiger partial charge in [-0.15, -0.1) is 0 Å². The van der Waals surface area contributed by atoms with E-state index in [1.54, 1.807) is 24.3 Å². The summed E-state index contributed by atoms with van der Waals surface area (Å²) in [6, 6.07) is 12.3. The summed E-state index contributed by atoms with van der Waals surface area (Å²) in [4.78, 5) is 4.03. The van der Waals surface area contributed by atoms with Crippen molar-refractivity contribution < 1.29 is 21.6 Å². The van der Waals surface area contributed by atoms with Gasteiger partial charge in [0.15, 0.2) is 5.65 Å². The van der Waals surface area contributed by atoms with E-state index < -0.39 is 26.7 Å². The average molecular weight is 506 g/mol. The lowest BCUT2D eigenvalue weighted by Crippen LogP contribution is -2.29. The Bertz CT molecular complexity index is 1460. The Morgan fingerprint density at radius 1 is 1.06 bits per heavy atom. The maximum absolute atomic E-state index is 12.9. The number of benzene rings is 2. The van der Waals surface area contributed by atoms with Crippen molar-refractivity contribution >= 4 is 46.4 Å². The van der Waals surface area contributed by atoms with E-state index in [2.05, 4.69) is 20.1 Å². The molecule has 0 saturated carbocycles. The third-order valence-corrected chi connectivity index (χ3v) is 6.63. The summed E-state index contributed by atoms with van der Waals surface area (Å²) < 4.78 is 67.4. The molecule has 0 atom stereocenters. The van der Waals surface area contributed by atoms with Gasteiger partial charge in [-0.25, -0.2) is 18.1 Å². The maximum Gasteiger partial charge on any atom is 0.416 e. The molecule has 0 spiro atoms. The molecule has 4 aromatic rings. The first-order valence-electron chi connectivity index (χ1n) is 9.86. The number of hydrogen-bond donors (Lipinski definition) is 2. The zero-order valence-corrected chi connectivity index (χ0v) is 18.9. The number of nitrogens with zero attached hydrogens (tertiary/aromatic N) is 3. The molecule has 0 unspecified atom stereocenters. The molecule has 2 aromatic heterocycles. The number of halogens is 4. The Hall–Kier alpha value is -3.09. The lowest BCUT2D eigenvalue weighted by atomic mass is 10.0. The predicted octanol–water partition coefficient (Wildman–Crippen LogP) is 3.25. The number of fused-ring (bicyclic) bond motifs is 1. The molecular formula is C21H16BClF3N5O2S. The van der Waals surface area contributed by atoms with Crippen LogP contribution in [0.15, 0.2) is 65.7 Å². The lowest BCUT2D eigenvalue weighted by Gasteiger charge is -2.13. The van der Waals surface area contributed by atoms with Gasteiger partial charge in [-0.1, -0.05) is 35.9 Å². The summed E-state index contributed by atoms with van der Waals surface area (Å²) in [5, 5.41) is 7.70. The van der Waals surface area contributed by atoms with E-state index in [1.807, 2.05) is 6.07 Å². The number of sulfonamides is 1. The van der Waals surface area contributed by atoms with Crippen molar-refractivity contribution in [3.05, 3.63) is 71.4 Å². The van der Waals surface area contributed by atoms with E-state index in [0.717, 1.165) is 18.2 Å². The molecule has 13 heteroatoms. The molecule has 4 rings (SSSR count). The smallest absolute Gasteiger partial charge is 0.369 e. The van der Waals surface area contributed by atoms with Crippen molar-refractivity contribution in [3.8, 4) is 11.3 Å². The second kappa shape index (κ2) is 9.28. The summed E-state index contributed by atoms with van der Waals surface area (Å²) in [5.41, 5.74) is 0.862. The van der Waals surface area contributed by atoms with Crippen molar-refractivity contribution in [1.29, 1.82) is 0 Å². The molecule has 2 radical (unpaired) electrons. The number of alkyl halides is 3. The van der Waals surface area contributed by atoms with E-state index in [4.69, 9.17) is 19.4 Å². The first kappa shape index (κ1) is 24.1. The largest absolute Gasteiger partial charge is 0.416 e. The first-order valence-corrected chi connectivity index (χ1v) is 11.7. The van der Waals surface area contributed by atoms with Crippen molar-refractivity contribution in [3.63, 3.8) is 0 Å². The zero-order valence-electron chi connectivity index (χ0n) is 17.3. The number of aromatic nitrogens is 3. The normalized spacial score (nSPS) is 12.2. The van der Waals surface area contributed by atoms with E-state index in [1.165, 1.54) is 10.7 Å². The molecule has 0 aliphatic heterocycles. The second-order valence-corrected chi connectivity index (χ2v) is 9.37. The quantitative estimate of drug-likeness (QED) is 0.297. The number of hydrogen-bond acceptors (Lipinski definition) is 5. The Labute approximate surface area is 199 Å². The van der Waals surface area contributed by atoms with Crippen LogP contribution in [0.3, 0.4) is 0 Å². The minimum absolute atomic E-state index is 0.0963. The fraction of sp³-hybridized carbons (Fsp3) is 0.143.